The molecule has 1 heterocycles. The van der Waals surface area contributed by atoms with Crippen molar-refractivity contribution in [1.29, 1.82) is 0 Å². The zero-order valence-corrected chi connectivity index (χ0v) is 20.8. The highest BCUT2D eigenvalue weighted by Crippen LogP contribution is 2.28. The third-order valence-corrected chi connectivity index (χ3v) is 7.64. The highest BCUT2D eigenvalue weighted by molar-refractivity contribution is 7.92. The number of likely N-dealkylation sites (tertiary alicyclic amines) is 1. The number of carbonyl (C=O) groups is 1. The lowest BCUT2D eigenvalue weighted by molar-refractivity contribution is 0.0937. The molecule has 1 atom stereocenters. The van der Waals surface area contributed by atoms with Gasteiger partial charge in [0.1, 0.15) is 10.6 Å². The molecule has 1 fully saturated rings. The first-order valence-corrected chi connectivity index (χ1v) is 13.2. The molecule has 0 saturated carbocycles. The summed E-state index contributed by atoms with van der Waals surface area (Å²) in [5.41, 5.74) is 2.86. The van der Waals surface area contributed by atoms with Gasteiger partial charge in [-0.3, -0.25) is 14.4 Å². The molecule has 184 valence electrons. The second-order valence-electron chi connectivity index (χ2n) is 8.72. The minimum atomic E-state index is -3.98. The van der Waals surface area contributed by atoms with Crippen LogP contribution in [0.1, 0.15) is 40.4 Å². The van der Waals surface area contributed by atoms with Crippen molar-refractivity contribution in [2.24, 2.45) is 0 Å². The molecule has 2 N–H and O–H groups in total. The number of anilines is 1. The molecule has 0 radical (unpaired) electrons. The summed E-state index contributed by atoms with van der Waals surface area (Å²) in [4.78, 5) is 15.4. The van der Waals surface area contributed by atoms with Gasteiger partial charge in [-0.1, -0.05) is 48.0 Å². The molecule has 0 spiro atoms. The van der Waals surface area contributed by atoms with Crippen LogP contribution in [-0.2, 0) is 10.0 Å². The van der Waals surface area contributed by atoms with E-state index in [9.17, 15) is 13.2 Å². The maximum absolute atomic E-state index is 13.1. The molecule has 1 aliphatic heterocycles. The second-order valence-corrected chi connectivity index (χ2v) is 10.4. The number of nitrogens with zero attached hydrogens (tertiary/aromatic N) is 1. The fraction of sp³-hybridized carbons (Fsp3) is 0.296. The third-order valence-electron chi connectivity index (χ3n) is 6.24. The van der Waals surface area contributed by atoms with Crippen LogP contribution in [0.25, 0.3) is 0 Å². The smallest absolute Gasteiger partial charge is 0.265 e. The molecule has 1 amide bonds. The Bertz CT molecular complexity index is 1260. The molecule has 0 aromatic heterocycles. The lowest BCUT2D eigenvalue weighted by Gasteiger charge is -2.28. The second kappa shape index (κ2) is 10.9. The first-order chi connectivity index (χ1) is 16.9. The highest BCUT2D eigenvalue weighted by Gasteiger charge is 2.25. The number of rotatable bonds is 9. The monoisotopic (exact) mass is 493 g/mol. The molecule has 1 saturated heterocycles. The first-order valence-electron chi connectivity index (χ1n) is 11.7. The SMILES string of the molecule is COc1ccc(C(=O)NCC(c2ccccc2)N2CCCC2)cc1S(=O)(=O)Nc1ccc(C)cc1. The van der Waals surface area contributed by atoms with Crippen molar-refractivity contribution in [3.8, 4) is 5.75 Å². The molecule has 1 aliphatic rings. The zero-order chi connectivity index (χ0) is 24.8. The number of carbonyl (C=O) groups excluding carboxylic acids is 1. The van der Waals surface area contributed by atoms with Gasteiger partial charge in [-0.2, -0.15) is 0 Å². The van der Waals surface area contributed by atoms with E-state index in [1.54, 1.807) is 18.2 Å². The lowest BCUT2D eigenvalue weighted by Crippen LogP contribution is -2.36. The Morgan fingerprint density at radius 3 is 2.34 bits per heavy atom. The van der Waals surface area contributed by atoms with Crippen LogP contribution in [0.3, 0.4) is 0 Å². The van der Waals surface area contributed by atoms with Crippen LogP contribution in [0.5, 0.6) is 5.75 Å². The van der Waals surface area contributed by atoms with E-state index in [0.29, 0.717) is 12.2 Å². The lowest BCUT2D eigenvalue weighted by atomic mass is 10.1. The third kappa shape index (κ3) is 6.01. The molecule has 8 heteroatoms. The molecular formula is C27H31N3O4S. The normalized spacial score (nSPS) is 14.9. The number of nitrogens with one attached hydrogen (secondary N) is 2. The molecule has 35 heavy (non-hydrogen) atoms. The van der Waals surface area contributed by atoms with Gasteiger partial charge < -0.3 is 10.1 Å². The van der Waals surface area contributed by atoms with Crippen molar-refractivity contribution in [3.05, 3.63) is 89.5 Å². The fourth-order valence-corrected chi connectivity index (χ4v) is 5.59. The summed E-state index contributed by atoms with van der Waals surface area (Å²) in [5.74, 6) is -0.167. The van der Waals surface area contributed by atoms with E-state index in [-0.39, 0.29) is 28.2 Å². The van der Waals surface area contributed by atoms with Crippen molar-refractivity contribution in [3.63, 3.8) is 0 Å². The van der Waals surface area contributed by atoms with Crippen molar-refractivity contribution in [2.75, 3.05) is 31.5 Å². The van der Waals surface area contributed by atoms with Crippen molar-refractivity contribution in [2.45, 2.75) is 30.7 Å². The summed E-state index contributed by atoms with van der Waals surface area (Å²) >= 11 is 0. The summed E-state index contributed by atoms with van der Waals surface area (Å²) in [7, 11) is -2.57. The summed E-state index contributed by atoms with van der Waals surface area (Å²) < 4.78 is 34.1. The summed E-state index contributed by atoms with van der Waals surface area (Å²) in [6.45, 7) is 4.34. The topological polar surface area (TPSA) is 87.7 Å². The van der Waals surface area contributed by atoms with Crippen molar-refractivity contribution >= 4 is 21.6 Å². The maximum atomic E-state index is 13.1. The Morgan fingerprint density at radius 1 is 1.00 bits per heavy atom. The van der Waals surface area contributed by atoms with Gasteiger partial charge >= 0.3 is 0 Å². The first kappa shape index (κ1) is 24.8. The molecule has 1 unspecified atom stereocenters. The molecule has 3 aromatic carbocycles. The van der Waals surface area contributed by atoms with Crippen molar-refractivity contribution < 1.29 is 17.9 Å². The fourth-order valence-electron chi connectivity index (χ4n) is 4.34. The van der Waals surface area contributed by atoms with Crippen LogP contribution < -0.4 is 14.8 Å². The van der Waals surface area contributed by atoms with Crippen LogP contribution in [0, 0.1) is 6.92 Å². The number of ether oxygens (including phenoxy) is 1. The molecular weight excluding hydrogens is 462 g/mol. The predicted molar refractivity (Wildman–Crippen MR) is 137 cm³/mol. The number of amides is 1. The number of benzene rings is 3. The van der Waals surface area contributed by atoms with Crippen molar-refractivity contribution in [1.82, 2.24) is 10.2 Å². The summed E-state index contributed by atoms with van der Waals surface area (Å²) in [6.07, 6.45) is 2.29. The van der Waals surface area contributed by atoms with Gasteiger partial charge in [0.15, 0.2) is 0 Å². The summed E-state index contributed by atoms with van der Waals surface area (Å²) in [5, 5.41) is 3.01. The molecule has 7 nitrogen and oxygen atoms in total. The Hall–Kier alpha value is -3.36. The van der Waals surface area contributed by atoms with Gasteiger partial charge in [0.25, 0.3) is 15.9 Å². The zero-order valence-electron chi connectivity index (χ0n) is 20.0. The average molecular weight is 494 g/mol. The molecule has 0 bridgehead atoms. The van der Waals surface area contributed by atoms with E-state index in [1.807, 2.05) is 37.3 Å². The van der Waals surface area contributed by atoms with Crippen LogP contribution in [-0.4, -0.2) is 46.0 Å². The van der Waals surface area contributed by atoms with Crippen LogP contribution in [0.4, 0.5) is 5.69 Å². The van der Waals surface area contributed by atoms with Crippen LogP contribution in [0.2, 0.25) is 0 Å². The largest absolute Gasteiger partial charge is 0.495 e. The number of hydrogen-bond donors (Lipinski definition) is 2. The standard InChI is InChI=1S/C27H31N3O4S/c1-20-10-13-23(14-11-20)29-35(32,33)26-18-22(12-15-25(26)34-2)27(31)28-19-24(30-16-6-7-17-30)21-8-4-3-5-9-21/h3-5,8-15,18,24,29H,6-7,16-17,19H2,1-2H3,(H,28,31). The average Bonchev–Trinajstić information content (AvgIpc) is 3.40. The van der Waals surface area contributed by atoms with E-state index < -0.39 is 10.0 Å². The summed E-state index contributed by atoms with van der Waals surface area (Å²) in [6, 6.07) is 21.7. The Labute approximate surface area is 207 Å². The minimum Gasteiger partial charge on any atom is -0.495 e. The van der Waals surface area contributed by atoms with Gasteiger partial charge in [-0.05, 0) is 68.8 Å². The Balaban J connectivity index is 1.54. The van der Waals surface area contributed by atoms with E-state index in [4.69, 9.17) is 4.74 Å². The van der Waals surface area contributed by atoms with Gasteiger partial charge in [-0.15, -0.1) is 0 Å². The van der Waals surface area contributed by atoms with Gasteiger partial charge in [0.05, 0.1) is 13.2 Å². The number of hydrogen-bond acceptors (Lipinski definition) is 5. The van der Waals surface area contributed by atoms with Crippen LogP contribution in [0.15, 0.2) is 77.7 Å². The van der Waals surface area contributed by atoms with Crippen LogP contribution >= 0.6 is 0 Å². The van der Waals surface area contributed by atoms with E-state index in [2.05, 4.69) is 27.1 Å². The number of methoxy groups -OCH3 is 1. The van der Waals surface area contributed by atoms with Gasteiger partial charge in [-0.25, -0.2) is 8.42 Å². The molecule has 0 aliphatic carbocycles. The number of aryl methyl sites for hydroxylation is 1. The Kier molecular flexibility index (Phi) is 7.73. The minimum absolute atomic E-state index is 0.0623. The quantitative estimate of drug-likeness (QED) is 0.462. The van der Waals surface area contributed by atoms with E-state index in [1.165, 1.54) is 19.2 Å². The van der Waals surface area contributed by atoms with E-state index >= 15 is 0 Å². The molecule has 3 aromatic rings. The molecule has 4 rings (SSSR count). The maximum Gasteiger partial charge on any atom is 0.265 e. The van der Waals surface area contributed by atoms with Gasteiger partial charge in [0, 0.05) is 17.8 Å². The number of sulfonamides is 1. The predicted octanol–water partition coefficient (Wildman–Crippen LogP) is 4.37. The van der Waals surface area contributed by atoms with Gasteiger partial charge in [0.2, 0.25) is 0 Å². The van der Waals surface area contributed by atoms with E-state index in [0.717, 1.165) is 37.1 Å². The Morgan fingerprint density at radius 2 is 1.69 bits per heavy atom. The highest BCUT2D eigenvalue weighted by atomic mass is 32.2.